The molecule has 200 valence electrons. The van der Waals surface area contributed by atoms with Gasteiger partial charge in [0.2, 0.25) is 0 Å². The van der Waals surface area contributed by atoms with Crippen LogP contribution in [0.5, 0.6) is 0 Å². The molecule has 0 N–H and O–H groups in total. The van der Waals surface area contributed by atoms with Crippen LogP contribution in [0.15, 0.2) is 78.6 Å². The molecule has 0 radical (unpaired) electrons. The van der Waals surface area contributed by atoms with Gasteiger partial charge in [0.25, 0.3) is 0 Å². The third-order valence-corrected chi connectivity index (χ3v) is 7.55. The first-order valence-electron chi connectivity index (χ1n) is 15.1. The summed E-state index contributed by atoms with van der Waals surface area (Å²) in [6.45, 7) is 3.37. The van der Waals surface area contributed by atoms with Crippen molar-refractivity contribution < 1.29 is 4.79 Å². The second-order valence-electron chi connectivity index (χ2n) is 10.7. The molecule has 0 saturated carbocycles. The number of hydrogen-bond acceptors (Lipinski definition) is 2. The number of rotatable bonds is 18. The molecular weight excluding hydrogens is 450 g/mol. The van der Waals surface area contributed by atoms with Gasteiger partial charge in [-0.25, -0.2) is 0 Å². The molecule has 0 atom stereocenters. The van der Waals surface area contributed by atoms with E-state index in [-0.39, 0.29) is 5.78 Å². The van der Waals surface area contributed by atoms with Crippen LogP contribution >= 0.6 is 0 Å². The zero-order valence-corrected chi connectivity index (χ0v) is 23.3. The fraction of sp³-hybridized carbons (Fsp3) is 0.514. The zero-order valence-electron chi connectivity index (χ0n) is 23.3. The lowest BCUT2D eigenvalue weighted by Gasteiger charge is -2.27. The first-order valence-corrected chi connectivity index (χ1v) is 15.1. The van der Waals surface area contributed by atoms with Gasteiger partial charge in [-0.3, -0.25) is 4.79 Å². The molecule has 37 heavy (non-hydrogen) atoms. The van der Waals surface area contributed by atoms with Crippen molar-refractivity contribution in [3.05, 3.63) is 84.1 Å². The Labute approximate surface area is 226 Å². The fourth-order valence-electron chi connectivity index (χ4n) is 5.24. The molecule has 2 nitrogen and oxygen atoms in total. The summed E-state index contributed by atoms with van der Waals surface area (Å²) in [4.78, 5) is 13.7. The Morgan fingerprint density at radius 3 is 1.76 bits per heavy atom. The molecule has 1 heterocycles. The highest BCUT2D eigenvalue weighted by Crippen LogP contribution is 2.33. The Bertz CT molecular complexity index is 943. The van der Waals surface area contributed by atoms with Gasteiger partial charge in [-0.15, -0.1) is 0 Å². The van der Waals surface area contributed by atoms with Gasteiger partial charge in [0.15, 0.2) is 5.78 Å². The third-order valence-electron chi connectivity index (χ3n) is 7.55. The van der Waals surface area contributed by atoms with Gasteiger partial charge in [-0.1, -0.05) is 146 Å². The molecule has 3 rings (SSSR count). The molecule has 2 aliphatic rings. The number of unbranched alkanes of at least 4 members (excludes halogenated alkanes) is 15. The Balaban J connectivity index is 1.27. The number of para-hydroxylation sites is 1. The maximum Gasteiger partial charge on any atom is 0.178 e. The van der Waals surface area contributed by atoms with E-state index in [9.17, 15) is 4.79 Å². The summed E-state index contributed by atoms with van der Waals surface area (Å²) in [6, 6.07) is 8.68. The van der Waals surface area contributed by atoms with E-state index in [0.29, 0.717) is 0 Å². The van der Waals surface area contributed by atoms with Crippen molar-refractivity contribution in [1.29, 1.82) is 0 Å². The minimum absolute atomic E-state index is 0.0532. The van der Waals surface area contributed by atoms with Crippen LogP contribution in [0.25, 0.3) is 5.57 Å². The summed E-state index contributed by atoms with van der Waals surface area (Å²) < 4.78 is 0. The fourth-order valence-corrected chi connectivity index (χ4v) is 5.24. The van der Waals surface area contributed by atoms with E-state index in [1.54, 1.807) is 12.2 Å². The standard InChI is InChI=1S/C35H49NO/c1-2-3-4-5-6-7-8-9-10-11-12-13-14-15-16-19-29-36-30-28-32(34-20-17-18-21-35(34)36)25-22-31-23-26-33(37)27-24-31/h17-18,20-28,30H,2-16,19,29H2,1H3/b32-25+. The van der Waals surface area contributed by atoms with Crippen molar-refractivity contribution in [2.24, 2.45) is 0 Å². The number of ketones is 1. The summed E-state index contributed by atoms with van der Waals surface area (Å²) in [5.74, 6) is 0.0532. The normalized spacial score (nSPS) is 15.6. The number of anilines is 1. The minimum Gasteiger partial charge on any atom is -0.347 e. The van der Waals surface area contributed by atoms with Gasteiger partial charge in [-0.2, -0.15) is 0 Å². The zero-order chi connectivity index (χ0) is 26.0. The average molecular weight is 500 g/mol. The molecule has 0 fully saturated rings. The molecule has 0 amide bonds. The van der Waals surface area contributed by atoms with Gasteiger partial charge in [0.05, 0.1) is 0 Å². The molecule has 0 saturated heterocycles. The molecule has 1 aliphatic heterocycles. The Morgan fingerprint density at radius 1 is 0.622 bits per heavy atom. The Morgan fingerprint density at radius 2 is 1.16 bits per heavy atom. The molecular formula is C35H49NO. The van der Waals surface area contributed by atoms with E-state index in [2.05, 4.69) is 60.5 Å². The number of allylic oxidation sites excluding steroid dienone is 9. The van der Waals surface area contributed by atoms with Crippen molar-refractivity contribution in [2.75, 3.05) is 11.4 Å². The number of fused-ring (bicyclic) bond motifs is 1. The van der Waals surface area contributed by atoms with Crippen LogP contribution in [0.4, 0.5) is 5.69 Å². The van der Waals surface area contributed by atoms with Gasteiger partial charge in [0, 0.05) is 24.0 Å². The van der Waals surface area contributed by atoms with Crippen LogP contribution in [-0.4, -0.2) is 12.3 Å². The number of hydrogen-bond donors (Lipinski definition) is 0. The predicted molar refractivity (Wildman–Crippen MR) is 162 cm³/mol. The smallest absolute Gasteiger partial charge is 0.178 e. The van der Waals surface area contributed by atoms with Crippen LogP contribution in [0.1, 0.15) is 115 Å². The van der Waals surface area contributed by atoms with E-state index in [0.717, 1.165) is 12.1 Å². The molecule has 0 unspecified atom stereocenters. The molecule has 1 aromatic rings. The second kappa shape index (κ2) is 17.8. The lowest BCUT2D eigenvalue weighted by atomic mass is 9.98. The van der Waals surface area contributed by atoms with Crippen molar-refractivity contribution >= 4 is 17.0 Å². The lowest BCUT2D eigenvalue weighted by molar-refractivity contribution is -0.110. The summed E-state index contributed by atoms with van der Waals surface area (Å²) in [5, 5.41) is 0. The van der Waals surface area contributed by atoms with Crippen LogP contribution < -0.4 is 4.90 Å². The van der Waals surface area contributed by atoms with Gasteiger partial charge < -0.3 is 4.90 Å². The summed E-state index contributed by atoms with van der Waals surface area (Å²) >= 11 is 0. The van der Waals surface area contributed by atoms with Crippen LogP contribution in [0.2, 0.25) is 0 Å². The summed E-state index contributed by atoms with van der Waals surface area (Å²) in [7, 11) is 0. The SMILES string of the molecule is CCCCCCCCCCCCCCCCCCN1C=C/C(=C\C=C2C=CC(=O)C=C2)c2ccccc21. The van der Waals surface area contributed by atoms with Crippen molar-refractivity contribution in [1.82, 2.24) is 0 Å². The van der Waals surface area contributed by atoms with Crippen molar-refractivity contribution in [3.63, 3.8) is 0 Å². The Hall–Kier alpha value is -2.61. The summed E-state index contributed by atoms with van der Waals surface area (Å²) in [6.07, 6.45) is 38.2. The van der Waals surface area contributed by atoms with E-state index in [1.165, 1.54) is 120 Å². The van der Waals surface area contributed by atoms with E-state index in [4.69, 9.17) is 0 Å². The quantitative estimate of drug-likeness (QED) is 0.187. The molecule has 1 aliphatic carbocycles. The monoisotopic (exact) mass is 499 g/mol. The molecule has 1 aromatic carbocycles. The topological polar surface area (TPSA) is 20.3 Å². The lowest BCUT2D eigenvalue weighted by Crippen LogP contribution is -2.21. The van der Waals surface area contributed by atoms with Crippen LogP contribution in [0.3, 0.4) is 0 Å². The first-order chi connectivity index (χ1) is 18.3. The molecule has 0 spiro atoms. The van der Waals surface area contributed by atoms with Gasteiger partial charge in [0.1, 0.15) is 0 Å². The summed E-state index contributed by atoms with van der Waals surface area (Å²) in [5.41, 5.74) is 4.83. The van der Waals surface area contributed by atoms with Crippen LogP contribution in [0, 0.1) is 0 Å². The molecule has 0 bridgehead atoms. The predicted octanol–water partition coefficient (Wildman–Crippen LogP) is 10.3. The molecule has 2 heteroatoms. The van der Waals surface area contributed by atoms with E-state index in [1.807, 2.05) is 12.2 Å². The molecule has 0 aromatic heterocycles. The van der Waals surface area contributed by atoms with E-state index < -0.39 is 0 Å². The number of carbonyl (C=O) groups excluding carboxylic acids is 1. The third kappa shape index (κ3) is 11.1. The minimum atomic E-state index is 0.0532. The first kappa shape index (κ1) is 29.0. The highest BCUT2D eigenvalue weighted by molar-refractivity contribution is 6.01. The van der Waals surface area contributed by atoms with Crippen molar-refractivity contribution in [2.45, 2.75) is 110 Å². The van der Waals surface area contributed by atoms with Crippen molar-refractivity contribution in [3.8, 4) is 0 Å². The maximum atomic E-state index is 11.3. The number of nitrogens with zero attached hydrogens (tertiary/aromatic N) is 1. The van der Waals surface area contributed by atoms with Gasteiger partial charge >= 0.3 is 0 Å². The maximum absolute atomic E-state index is 11.3. The van der Waals surface area contributed by atoms with Crippen LogP contribution in [-0.2, 0) is 4.79 Å². The largest absolute Gasteiger partial charge is 0.347 e. The second-order valence-corrected chi connectivity index (χ2v) is 10.7. The van der Waals surface area contributed by atoms with E-state index >= 15 is 0 Å². The highest BCUT2D eigenvalue weighted by Gasteiger charge is 2.15. The Kier molecular flexibility index (Phi) is 13.9. The van der Waals surface area contributed by atoms with Gasteiger partial charge in [-0.05, 0) is 41.9 Å². The number of benzene rings is 1. The average Bonchev–Trinajstić information content (AvgIpc) is 2.93. The highest BCUT2D eigenvalue weighted by atomic mass is 16.1. The number of carbonyl (C=O) groups is 1.